The van der Waals surface area contributed by atoms with Crippen molar-refractivity contribution in [1.82, 2.24) is 0 Å². The smallest absolute Gasteiger partial charge is 0.212 e. The molecular weight excluding hydrogens is 1090 g/mol. The summed E-state index contributed by atoms with van der Waals surface area (Å²) in [5.41, 5.74) is -13.5. The summed E-state index contributed by atoms with van der Waals surface area (Å²) in [4.78, 5) is 14.7. The van der Waals surface area contributed by atoms with Crippen LogP contribution in [0, 0.1) is 116 Å². The molecule has 0 aliphatic heterocycles. The molecule has 0 aromatic heterocycles. The largest absolute Gasteiger partial charge is 0.289 e. The van der Waals surface area contributed by atoms with Gasteiger partial charge in [-0.15, -0.1) is 21.9 Å². The summed E-state index contributed by atoms with van der Waals surface area (Å²) in [6.45, 7) is 2.26. The highest BCUT2D eigenvalue weighted by Gasteiger charge is 2.52. The summed E-state index contributed by atoms with van der Waals surface area (Å²) in [6.07, 6.45) is 0.450. The quantitative estimate of drug-likeness (QED) is 0.0146. The van der Waals surface area contributed by atoms with Crippen LogP contribution in [0.3, 0.4) is 0 Å². The first-order chi connectivity index (χ1) is 36.5. The second-order valence-corrected chi connectivity index (χ2v) is 19.4. The molecule has 0 amide bonds. The topological polar surface area (TPSA) is 17.1 Å². The van der Waals surface area contributed by atoms with Crippen LogP contribution < -0.4 is 21.9 Å². The number of hydrogen-bond donors (Lipinski definition) is 0. The molecule has 0 N–H and O–H groups in total. The number of carbonyl (C=O) groups is 1. The van der Waals surface area contributed by atoms with Crippen molar-refractivity contribution in [2.45, 2.75) is 50.3 Å². The molecule has 8 aromatic rings. The monoisotopic (exact) mass is 1120 g/mol. The summed E-state index contributed by atoms with van der Waals surface area (Å²) in [5, 5.41) is 5.16. The third-order valence-electron chi connectivity index (χ3n) is 12.9. The average molecular weight is 1120 g/mol. The molecule has 0 fully saturated rings. The molecule has 1 nitrogen and oxygen atoms in total. The highest BCUT2D eigenvalue weighted by Crippen LogP contribution is 2.36. The van der Waals surface area contributed by atoms with Gasteiger partial charge in [0.05, 0.1) is 0 Å². The minimum Gasteiger partial charge on any atom is -0.289 e. The standard InChI is InChI=1S/C30H33OS.C24BF20/c1-2-3-4-5-6-14-21-32(23-29(31)24-15-8-7-9-16-24)30-27-19-12-10-17-25(27)22-26-18-11-13-20-28(26)30;26-5-1(6(27)14(35)21(42)13(5)34)25(2-7(28)15(36)22(43)16(37)8(2)29,3-9(30)17(38)23(44)18(39)10(3)31)4-11(32)19(40)24(45)20(41)12(4)33/h7-13,15-20,22H,2-6,14,21,23H2,1H3;/q+1;-1. The first-order valence-electron chi connectivity index (χ1n) is 22.9. The Labute approximate surface area is 426 Å². The van der Waals surface area contributed by atoms with E-state index in [0.29, 0.717) is 5.75 Å². The predicted octanol–water partition coefficient (Wildman–Crippen LogP) is 14.1. The van der Waals surface area contributed by atoms with Gasteiger partial charge in [-0.05, 0) is 41.8 Å². The Kier molecular flexibility index (Phi) is 17.4. The van der Waals surface area contributed by atoms with Gasteiger partial charge in [0.1, 0.15) is 58.4 Å². The molecule has 0 radical (unpaired) electrons. The van der Waals surface area contributed by atoms with Gasteiger partial charge in [0.25, 0.3) is 0 Å². The minimum absolute atomic E-state index is 0.124. The second-order valence-electron chi connectivity index (χ2n) is 17.3. The van der Waals surface area contributed by atoms with E-state index in [0.717, 1.165) is 11.3 Å². The first-order valence-corrected chi connectivity index (χ1v) is 24.4. The van der Waals surface area contributed by atoms with E-state index in [2.05, 4.69) is 61.5 Å². The number of hydrogen-bond acceptors (Lipinski definition) is 1. The van der Waals surface area contributed by atoms with Crippen molar-refractivity contribution in [3.8, 4) is 0 Å². The molecule has 23 heteroatoms. The van der Waals surface area contributed by atoms with E-state index in [1.807, 2.05) is 30.3 Å². The molecule has 1 atom stereocenters. The Morgan fingerprint density at radius 2 is 0.649 bits per heavy atom. The van der Waals surface area contributed by atoms with Crippen molar-refractivity contribution in [3.63, 3.8) is 0 Å². The third-order valence-corrected chi connectivity index (χ3v) is 15.3. The zero-order chi connectivity index (χ0) is 56.5. The van der Waals surface area contributed by atoms with Crippen LogP contribution in [-0.4, -0.2) is 23.4 Å². The number of rotatable bonds is 15. The zero-order valence-corrected chi connectivity index (χ0v) is 40.0. The van der Waals surface area contributed by atoms with Gasteiger partial charge in [0.2, 0.25) is 5.78 Å². The normalized spacial score (nSPS) is 12.1. The van der Waals surface area contributed by atoms with Crippen molar-refractivity contribution in [1.29, 1.82) is 0 Å². The van der Waals surface area contributed by atoms with E-state index in [1.54, 1.807) is 0 Å². The SMILES string of the molecule is CCCCCCCC[S+](CC(=O)c1ccccc1)c1c2ccccc2cc2ccccc12.Fc1c(F)c(F)c([B-](c2c(F)c(F)c(F)c(F)c2F)(c2c(F)c(F)c(F)c(F)c2F)c2c(F)c(F)c(F)c(F)c2F)c(F)c1F. The molecule has 0 heterocycles. The van der Waals surface area contributed by atoms with Crippen LogP contribution in [-0.2, 0) is 10.9 Å². The predicted molar refractivity (Wildman–Crippen MR) is 250 cm³/mol. The summed E-state index contributed by atoms with van der Waals surface area (Å²) >= 11 is 0. The zero-order valence-electron chi connectivity index (χ0n) is 39.2. The Hall–Kier alpha value is -7.04. The van der Waals surface area contributed by atoms with E-state index in [9.17, 15) is 57.5 Å². The molecular formula is C54H33BF20OS. The number of Topliss-reactive ketones (excluding diaryl/α,β-unsaturated/α-hetero) is 1. The Bertz CT molecular complexity index is 3160. The highest BCUT2D eigenvalue weighted by atomic mass is 32.2. The Morgan fingerprint density at radius 1 is 0.364 bits per heavy atom. The number of ketones is 1. The number of benzene rings is 8. The van der Waals surface area contributed by atoms with Crippen molar-refractivity contribution in [2.75, 3.05) is 11.5 Å². The lowest BCUT2D eigenvalue weighted by molar-refractivity contribution is 0.102. The maximum atomic E-state index is 15.4. The van der Waals surface area contributed by atoms with E-state index in [-0.39, 0.29) is 16.7 Å². The van der Waals surface area contributed by atoms with Gasteiger partial charge >= 0.3 is 0 Å². The third kappa shape index (κ3) is 10.1. The van der Waals surface area contributed by atoms with Gasteiger partial charge in [-0.2, -0.15) is 0 Å². The van der Waals surface area contributed by atoms with Gasteiger partial charge in [0.15, 0.2) is 80.5 Å². The summed E-state index contributed by atoms with van der Waals surface area (Å²) in [5.74, 6) is -69.5. The van der Waals surface area contributed by atoms with Crippen molar-refractivity contribution >= 4 is 66.2 Å². The molecule has 0 spiro atoms. The van der Waals surface area contributed by atoms with Crippen LogP contribution in [0.2, 0.25) is 0 Å². The number of carbonyl (C=O) groups excluding carboxylic acids is 1. The van der Waals surface area contributed by atoms with Crippen LogP contribution in [0.25, 0.3) is 21.5 Å². The summed E-state index contributed by atoms with van der Waals surface area (Å²) in [7, 11) is -0.124. The molecule has 0 saturated heterocycles. The van der Waals surface area contributed by atoms with E-state index in [1.165, 1.54) is 65.0 Å². The second kappa shape index (κ2) is 23.3. The van der Waals surface area contributed by atoms with E-state index >= 15 is 35.1 Å². The fourth-order valence-electron chi connectivity index (χ4n) is 9.33. The fraction of sp³-hybridized carbons (Fsp3) is 0.167. The molecule has 1 unspecified atom stereocenters. The van der Waals surface area contributed by atoms with Crippen LogP contribution in [0.1, 0.15) is 55.8 Å². The maximum Gasteiger partial charge on any atom is 0.212 e. The number of fused-ring (bicyclic) bond motifs is 2. The molecule has 8 rings (SSSR count). The minimum atomic E-state index is -7.22. The molecule has 8 aromatic carbocycles. The van der Waals surface area contributed by atoms with Crippen molar-refractivity contribution in [2.24, 2.45) is 0 Å². The molecule has 0 bridgehead atoms. The number of halogens is 20. The van der Waals surface area contributed by atoms with E-state index < -0.39 is 144 Å². The Balaban J connectivity index is 0.000000236. The Morgan fingerprint density at radius 3 is 0.987 bits per heavy atom. The molecule has 0 aliphatic carbocycles. The van der Waals surface area contributed by atoms with E-state index in [4.69, 9.17) is 0 Å². The summed E-state index contributed by atoms with van der Waals surface area (Å²) in [6, 6.07) is 29.5. The van der Waals surface area contributed by atoms with Gasteiger partial charge in [-0.3, -0.25) is 4.79 Å². The highest BCUT2D eigenvalue weighted by molar-refractivity contribution is 7.98. The fourth-order valence-corrected chi connectivity index (χ4v) is 11.8. The van der Waals surface area contributed by atoms with Gasteiger partial charge in [0, 0.05) is 27.2 Å². The van der Waals surface area contributed by atoms with Crippen LogP contribution >= 0.6 is 0 Å². The lowest BCUT2D eigenvalue weighted by atomic mass is 9.12. The lowest BCUT2D eigenvalue weighted by Crippen LogP contribution is -2.81. The van der Waals surface area contributed by atoms with Gasteiger partial charge in [-0.1, -0.05) is 99.3 Å². The lowest BCUT2D eigenvalue weighted by Gasteiger charge is -2.44. The van der Waals surface area contributed by atoms with Crippen LogP contribution in [0.5, 0.6) is 0 Å². The maximum absolute atomic E-state index is 15.4. The van der Waals surface area contributed by atoms with Crippen molar-refractivity contribution in [3.05, 3.63) is 207 Å². The first kappa shape index (κ1) is 57.7. The van der Waals surface area contributed by atoms with Gasteiger partial charge < -0.3 is 0 Å². The molecule has 77 heavy (non-hydrogen) atoms. The van der Waals surface area contributed by atoms with Crippen molar-refractivity contribution < 1.29 is 92.6 Å². The van der Waals surface area contributed by atoms with Gasteiger partial charge in [-0.25, -0.2) is 87.8 Å². The number of unbranched alkanes of at least 4 members (excludes halogenated alkanes) is 5. The molecule has 0 aliphatic rings. The van der Waals surface area contributed by atoms with Crippen LogP contribution in [0.4, 0.5) is 87.8 Å². The summed E-state index contributed by atoms with van der Waals surface area (Å²) < 4.78 is 294. The molecule has 0 saturated carbocycles. The van der Waals surface area contributed by atoms with Crippen LogP contribution in [0.15, 0.2) is 89.8 Å². The average Bonchev–Trinajstić information content (AvgIpc) is 3.59. The molecule has 404 valence electrons.